The second kappa shape index (κ2) is 9.71. The summed E-state index contributed by atoms with van der Waals surface area (Å²) < 4.78 is 27.1. The Morgan fingerprint density at radius 1 is 0.441 bits per heavy atom. The maximum Gasteiger partial charge on any atom is 0.159 e. The van der Waals surface area contributed by atoms with E-state index >= 15 is 0 Å². The van der Waals surface area contributed by atoms with Crippen molar-refractivity contribution in [1.82, 2.24) is 0 Å². The van der Waals surface area contributed by atoms with Crippen LogP contribution in [-0.4, -0.2) is 0 Å². The zero-order chi connectivity index (χ0) is 23.4. The van der Waals surface area contributed by atoms with Crippen molar-refractivity contribution in [1.29, 1.82) is 0 Å². The van der Waals surface area contributed by atoms with E-state index in [0.29, 0.717) is 5.56 Å². The van der Waals surface area contributed by atoms with Crippen LogP contribution in [0.4, 0.5) is 8.78 Å². The highest BCUT2D eigenvalue weighted by molar-refractivity contribution is 7.95. The molecule has 0 radical (unpaired) electrons. The Balaban J connectivity index is 1.62. The van der Waals surface area contributed by atoms with Crippen LogP contribution >= 0.6 is 7.26 Å². The lowest BCUT2D eigenvalue weighted by atomic mass is 10.0. The van der Waals surface area contributed by atoms with Gasteiger partial charge in [0.25, 0.3) is 0 Å². The Hall–Kier alpha value is -3.61. The topological polar surface area (TPSA) is 0 Å². The molecule has 0 unspecified atom stereocenters. The number of benzene rings is 5. The third-order valence-corrected chi connectivity index (χ3v) is 10.6. The number of halogens is 2. The second-order valence-corrected chi connectivity index (χ2v) is 11.8. The van der Waals surface area contributed by atoms with Crippen molar-refractivity contribution in [2.24, 2.45) is 0 Å². The quantitative estimate of drug-likeness (QED) is 0.234. The van der Waals surface area contributed by atoms with Gasteiger partial charge < -0.3 is 0 Å². The van der Waals surface area contributed by atoms with Gasteiger partial charge >= 0.3 is 0 Å². The maximum atomic E-state index is 13.8. The lowest BCUT2D eigenvalue weighted by Gasteiger charge is -2.28. The van der Waals surface area contributed by atoms with Crippen LogP contribution < -0.4 is 15.9 Å². The molecule has 5 rings (SSSR count). The predicted molar refractivity (Wildman–Crippen MR) is 141 cm³/mol. The average Bonchev–Trinajstić information content (AvgIpc) is 2.91. The van der Waals surface area contributed by atoms with Crippen molar-refractivity contribution in [3.8, 4) is 11.1 Å². The standard InChI is InChI=1S/C31H24F2P/c32-30-21-20-26(22-31(30)33)25-18-16-24(17-19-25)23-34(27-10-4-1-5-11-27,28-12-6-2-7-13-28)29-14-8-3-9-15-29/h1-22H,23H2/q+1. The molecule has 0 fully saturated rings. The minimum Gasteiger partial charge on any atom is -0.204 e. The molecule has 0 amide bonds. The van der Waals surface area contributed by atoms with Crippen LogP contribution in [0.3, 0.4) is 0 Å². The third kappa shape index (κ3) is 4.30. The van der Waals surface area contributed by atoms with Crippen LogP contribution in [0.2, 0.25) is 0 Å². The molecule has 0 heterocycles. The molecule has 0 saturated heterocycles. The number of rotatable bonds is 6. The van der Waals surface area contributed by atoms with Crippen molar-refractivity contribution in [2.45, 2.75) is 6.16 Å². The largest absolute Gasteiger partial charge is 0.204 e. The molecule has 5 aromatic rings. The minimum absolute atomic E-state index is 0.667. The van der Waals surface area contributed by atoms with Crippen LogP contribution in [0.5, 0.6) is 0 Å². The van der Waals surface area contributed by atoms with E-state index in [1.165, 1.54) is 33.6 Å². The molecule has 34 heavy (non-hydrogen) atoms. The molecule has 166 valence electrons. The average molecular weight is 466 g/mol. The highest BCUT2D eigenvalue weighted by Gasteiger charge is 2.45. The smallest absolute Gasteiger partial charge is 0.159 e. The summed E-state index contributed by atoms with van der Waals surface area (Å²) in [7, 11) is -1.99. The lowest BCUT2D eigenvalue weighted by Crippen LogP contribution is -2.32. The Kier molecular flexibility index (Phi) is 6.34. The van der Waals surface area contributed by atoms with Crippen LogP contribution in [-0.2, 0) is 6.16 Å². The molecule has 0 atom stereocenters. The molecule has 3 heteroatoms. The molecule has 5 aromatic carbocycles. The van der Waals surface area contributed by atoms with Gasteiger partial charge in [-0.15, -0.1) is 0 Å². The van der Waals surface area contributed by atoms with Gasteiger partial charge in [0.15, 0.2) is 11.6 Å². The molecule has 0 N–H and O–H groups in total. The normalized spacial score (nSPS) is 11.4. The minimum atomic E-state index is -1.99. The summed E-state index contributed by atoms with van der Waals surface area (Å²) in [6.45, 7) is 0. The zero-order valence-electron chi connectivity index (χ0n) is 18.6. The molecule has 0 aromatic heterocycles. The Bertz CT molecular complexity index is 1270. The van der Waals surface area contributed by atoms with E-state index in [9.17, 15) is 8.78 Å². The van der Waals surface area contributed by atoms with E-state index in [2.05, 4.69) is 103 Å². The molecule has 0 bridgehead atoms. The van der Waals surface area contributed by atoms with Gasteiger partial charge in [-0.05, 0) is 65.2 Å². The van der Waals surface area contributed by atoms with E-state index in [1.807, 2.05) is 12.1 Å². The fraction of sp³-hybridized carbons (Fsp3) is 0.0323. The van der Waals surface area contributed by atoms with E-state index < -0.39 is 18.9 Å². The van der Waals surface area contributed by atoms with Crippen molar-refractivity contribution >= 4 is 23.2 Å². The summed E-state index contributed by atoms with van der Waals surface area (Å²) in [5.74, 6) is -1.66. The molecular formula is C31H24F2P+. The van der Waals surface area contributed by atoms with Crippen molar-refractivity contribution in [3.63, 3.8) is 0 Å². The molecule has 0 saturated carbocycles. The Morgan fingerprint density at radius 2 is 0.882 bits per heavy atom. The van der Waals surface area contributed by atoms with Gasteiger partial charge in [0.05, 0.1) is 6.16 Å². The molecule has 0 spiro atoms. The fourth-order valence-corrected chi connectivity index (χ4v) is 8.76. The van der Waals surface area contributed by atoms with Crippen LogP contribution in [0, 0.1) is 11.6 Å². The lowest BCUT2D eigenvalue weighted by molar-refractivity contribution is 0.509. The van der Waals surface area contributed by atoms with Gasteiger partial charge in [-0.1, -0.05) is 84.9 Å². The van der Waals surface area contributed by atoms with Crippen molar-refractivity contribution < 1.29 is 8.78 Å². The first-order valence-corrected chi connectivity index (χ1v) is 13.2. The summed E-state index contributed by atoms with van der Waals surface area (Å²) in [4.78, 5) is 0. The fourth-order valence-electron chi connectivity index (χ4n) is 4.52. The SMILES string of the molecule is Fc1ccc(-c2ccc(C[P+](c3ccccc3)(c3ccccc3)c3ccccc3)cc2)cc1F. The summed E-state index contributed by atoms with van der Waals surface area (Å²) in [5, 5.41) is 3.99. The first kappa shape index (κ1) is 22.2. The summed E-state index contributed by atoms with van der Waals surface area (Å²) in [6.07, 6.45) is 0.864. The molecule has 0 nitrogen and oxygen atoms in total. The molecule has 0 aliphatic carbocycles. The van der Waals surface area contributed by atoms with Gasteiger partial charge in [0, 0.05) is 0 Å². The van der Waals surface area contributed by atoms with E-state index in [1.54, 1.807) is 6.07 Å². The van der Waals surface area contributed by atoms with Gasteiger partial charge in [0.1, 0.15) is 23.2 Å². The first-order valence-electron chi connectivity index (χ1n) is 11.3. The molecule has 0 aliphatic rings. The van der Waals surface area contributed by atoms with E-state index in [4.69, 9.17) is 0 Å². The monoisotopic (exact) mass is 465 g/mol. The summed E-state index contributed by atoms with van der Waals surface area (Å²) in [6, 6.07) is 44.6. The highest BCUT2D eigenvalue weighted by atomic mass is 31.2. The third-order valence-electron chi connectivity index (χ3n) is 6.22. The number of hydrogen-bond donors (Lipinski definition) is 0. The van der Waals surface area contributed by atoms with Crippen LogP contribution in [0.15, 0.2) is 133 Å². The van der Waals surface area contributed by atoms with Crippen LogP contribution in [0.1, 0.15) is 5.56 Å². The Labute approximate surface area is 199 Å². The van der Waals surface area contributed by atoms with E-state index in [-0.39, 0.29) is 0 Å². The summed E-state index contributed by atoms with van der Waals surface area (Å²) >= 11 is 0. The first-order chi connectivity index (χ1) is 16.7. The van der Waals surface area contributed by atoms with Gasteiger partial charge in [-0.2, -0.15) is 0 Å². The van der Waals surface area contributed by atoms with Crippen LogP contribution in [0.25, 0.3) is 11.1 Å². The zero-order valence-corrected chi connectivity index (χ0v) is 19.5. The van der Waals surface area contributed by atoms with Gasteiger partial charge in [-0.3, -0.25) is 0 Å². The van der Waals surface area contributed by atoms with Gasteiger partial charge in [-0.25, -0.2) is 8.78 Å². The Morgan fingerprint density at radius 3 is 1.32 bits per heavy atom. The molecular weight excluding hydrogens is 441 g/mol. The molecule has 0 aliphatic heterocycles. The van der Waals surface area contributed by atoms with Crippen molar-refractivity contribution in [3.05, 3.63) is 151 Å². The van der Waals surface area contributed by atoms with E-state index in [0.717, 1.165) is 11.7 Å². The highest BCUT2D eigenvalue weighted by Crippen LogP contribution is 2.58. The second-order valence-electron chi connectivity index (χ2n) is 8.30. The van der Waals surface area contributed by atoms with Crippen molar-refractivity contribution in [2.75, 3.05) is 0 Å². The maximum absolute atomic E-state index is 13.8. The summed E-state index contributed by atoms with van der Waals surface area (Å²) in [5.41, 5.74) is 2.74. The number of hydrogen-bond acceptors (Lipinski definition) is 0. The van der Waals surface area contributed by atoms with Gasteiger partial charge in [0.2, 0.25) is 0 Å². The predicted octanol–water partition coefficient (Wildman–Crippen LogP) is 7.13.